The Labute approximate surface area is 120 Å². The van der Waals surface area contributed by atoms with Crippen LogP contribution in [0.15, 0.2) is 0 Å². The van der Waals surface area contributed by atoms with Gasteiger partial charge < -0.3 is 20.6 Å². The average molecular weight is 285 g/mol. The number of aliphatic carboxylic acids is 1. The minimum atomic E-state index is -0.843. The molecular weight excluding hydrogens is 258 g/mol. The third-order valence-electron chi connectivity index (χ3n) is 3.96. The topological polar surface area (TPSA) is 81.7 Å². The number of nitrogens with zero attached hydrogens (tertiary/aromatic N) is 1. The molecular formula is C14H27N3O3. The minimum absolute atomic E-state index is 0.0541. The van der Waals surface area contributed by atoms with Crippen LogP contribution in [0.2, 0.25) is 0 Å². The Morgan fingerprint density at radius 2 is 2.05 bits per heavy atom. The number of urea groups is 1. The molecule has 0 bridgehead atoms. The number of nitrogens with one attached hydrogen (secondary N) is 2. The maximum Gasteiger partial charge on any atom is 0.315 e. The average Bonchev–Trinajstić information content (AvgIpc) is 2.31. The molecule has 6 nitrogen and oxygen atoms in total. The number of hydrogen-bond acceptors (Lipinski definition) is 3. The van der Waals surface area contributed by atoms with Crippen LogP contribution in [0, 0.1) is 0 Å². The molecule has 0 aliphatic carbocycles. The van der Waals surface area contributed by atoms with Crippen LogP contribution >= 0.6 is 0 Å². The standard InChI is InChI=1S/C14H27N3O3/c1-10-9-11(6-8-17(10)4)15-13(20)16-14(2,3)7-5-12(18)19/h10-11H,5-9H2,1-4H3,(H,18,19)(H2,15,16,20). The zero-order chi connectivity index (χ0) is 15.3. The van der Waals surface area contributed by atoms with Gasteiger partial charge in [0.05, 0.1) is 0 Å². The molecule has 1 rings (SSSR count). The van der Waals surface area contributed by atoms with Gasteiger partial charge in [-0.05, 0) is 47.1 Å². The second-order valence-corrected chi connectivity index (χ2v) is 6.43. The van der Waals surface area contributed by atoms with E-state index in [4.69, 9.17) is 5.11 Å². The van der Waals surface area contributed by atoms with Crippen LogP contribution in [-0.4, -0.2) is 53.2 Å². The quantitative estimate of drug-likeness (QED) is 0.713. The first-order valence-electron chi connectivity index (χ1n) is 7.20. The molecule has 116 valence electrons. The zero-order valence-electron chi connectivity index (χ0n) is 12.9. The second kappa shape index (κ2) is 6.92. The lowest BCUT2D eigenvalue weighted by atomic mass is 9.98. The molecule has 2 unspecified atom stereocenters. The molecule has 1 fully saturated rings. The summed E-state index contributed by atoms with van der Waals surface area (Å²) in [5, 5.41) is 14.5. The maximum atomic E-state index is 12.0. The number of carboxylic acids is 1. The molecule has 0 radical (unpaired) electrons. The van der Waals surface area contributed by atoms with E-state index in [0.29, 0.717) is 12.5 Å². The van der Waals surface area contributed by atoms with Crippen molar-refractivity contribution >= 4 is 12.0 Å². The van der Waals surface area contributed by atoms with E-state index in [-0.39, 0.29) is 18.5 Å². The van der Waals surface area contributed by atoms with Gasteiger partial charge in [-0.25, -0.2) is 4.79 Å². The van der Waals surface area contributed by atoms with E-state index in [1.54, 1.807) is 0 Å². The highest BCUT2D eigenvalue weighted by atomic mass is 16.4. The molecule has 20 heavy (non-hydrogen) atoms. The van der Waals surface area contributed by atoms with Gasteiger partial charge in [0.25, 0.3) is 0 Å². The molecule has 0 aromatic rings. The Morgan fingerprint density at radius 3 is 2.60 bits per heavy atom. The van der Waals surface area contributed by atoms with Gasteiger partial charge in [-0.3, -0.25) is 4.79 Å². The van der Waals surface area contributed by atoms with Gasteiger partial charge in [-0.2, -0.15) is 0 Å². The first-order chi connectivity index (χ1) is 9.19. The predicted octanol–water partition coefficient (Wildman–Crippen LogP) is 1.41. The largest absolute Gasteiger partial charge is 0.481 e. The van der Waals surface area contributed by atoms with E-state index < -0.39 is 11.5 Å². The first kappa shape index (κ1) is 16.8. The van der Waals surface area contributed by atoms with E-state index in [1.807, 2.05) is 13.8 Å². The molecule has 0 saturated carbocycles. The van der Waals surface area contributed by atoms with Gasteiger partial charge in [-0.15, -0.1) is 0 Å². The summed E-state index contributed by atoms with van der Waals surface area (Å²) >= 11 is 0. The zero-order valence-corrected chi connectivity index (χ0v) is 12.9. The number of carbonyl (C=O) groups is 2. The third kappa shape index (κ3) is 5.77. The molecule has 6 heteroatoms. The van der Waals surface area contributed by atoms with Crippen molar-refractivity contribution < 1.29 is 14.7 Å². The summed E-state index contributed by atoms with van der Waals surface area (Å²) < 4.78 is 0. The SMILES string of the molecule is CC1CC(NC(=O)NC(C)(C)CCC(=O)O)CCN1C. The monoisotopic (exact) mass is 285 g/mol. The summed E-state index contributed by atoms with van der Waals surface area (Å²) in [5.74, 6) is -0.843. The Kier molecular flexibility index (Phi) is 5.80. The van der Waals surface area contributed by atoms with E-state index >= 15 is 0 Å². The van der Waals surface area contributed by atoms with Crippen molar-refractivity contribution in [2.75, 3.05) is 13.6 Å². The molecule has 1 heterocycles. The fourth-order valence-electron chi connectivity index (χ4n) is 2.43. The number of rotatable bonds is 5. The molecule has 0 aromatic heterocycles. The highest BCUT2D eigenvalue weighted by Crippen LogP contribution is 2.16. The second-order valence-electron chi connectivity index (χ2n) is 6.43. The van der Waals surface area contributed by atoms with Crippen LogP contribution in [0.25, 0.3) is 0 Å². The molecule has 0 aromatic carbocycles. The summed E-state index contributed by atoms with van der Waals surface area (Å²) in [6.45, 7) is 6.82. The van der Waals surface area contributed by atoms with Crippen molar-refractivity contribution in [1.29, 1.82) is 0 Å². The molecule has 2 atom stereocenters. The van der Waals surface area contributed by atoms with Crippen molar-refractivity contribution in [3.05, 3.63) is 0 Å². The van der Waals surface area contributed by atoms with Gasteiger partial charge in [0.15, 0.2) is 0 Å². The molecule has 1 saturated heterocycles. The van der Waals surface area contributed by atoms with Crippen molar-refractivity contribution in [2.45, 2.75) is 64.1 Å². The Morgan fingerprint density at radius 1 is 1.40 bits per heavy atom. The maximum absolute atomic E-state index is 12.0. The number of carboxylic acid groups (broad SMARTS) is 1. The first-order valence-corrected chi connectivity index (χ1v) is 7.20. The number of likely N-dealkylation sites (tertiary alicyclic amines) is 1. The van der Waals surface area contributed by atoms with Crippen molar-refractivity contribution in [2.24, 2.45) is 0 Å². The lowest BCUT2D eigenvalue weighted by Gasteiger charge is -2.36. The van der Waals surface area contributed by atoms with Gasteiger partial charge in [0.2, 0.25) is 0 Å². The molecule has 0 spiro atoms. The van der Waals surface area contributed by atoms with Gasteiger partial charge in [0, 0.05) is 30.6 Å². The molecule has 3 N–H and O–H groups in total. The number of hydrogen-bond donors (Lipinski definition) is 3. The molecule has 2 amide bonds. The Hall–Kier alpha value is -1.30. The number of piperidine rings is 1. The normalized spacial score (nSPS) is 24.2. The fourth-order valence-corrected chi connectivity index (χ4v) is 2.43. The fraction of sp³-hybridized carbons (Fsp3) is 0.857. The van der Waals surface area contributed by atoms with Crippen LogP contribution in [0.5, 0.6) is 0 Å². The summed E-state index contributed by atoms with van der Waals surface area (Å²) in [6.07, 6.45) is 2.36. The van der Waals surface area contributed by atoms with Gasteiger partial charge in [0.1, 0.15) is 0 Å². The highest BCUT2D eigenvalue weighted by molar-refractivity contribution is 5.75. The van der Waals surface area contributed by atoms with Gasteiger partial charge >= 0.3 is 12.0 Å². The van der Waals surface area contributed by atoms with Crippen molar-refractivity contribution in [3.8, 4) is 0 Å². The third-order valence-corrected chi connectivity index (χ3v) is 3.96. The van der Waals surface area contributed by atoms with Gasteiger partial charge in [-0.1, -0.05) is 0 Å². The van der Waals surface area contributed by atoms with E-state index in [1.165, 1.54) is 0 Å². The minimum Gasteiger partial charge on any atom is -0.481 e. The van der Waals surface area contributed by atoms with Crippen LogP contribution in [0.3, 0.4) is 0 Å². The summed E-state index contributed by atoms with van der Waals surface area (Å²) in [6, 6.07) is 0.452. The van der Waals surface area contributed by atoms with E-state index in [0.717, 1.165) is 19.4 Å². The van der Waals surface area contributed by atoms with Crippen LogP contribution in [0.4, 0.5) is 4.79 Å². The Balaban J connectivity index is 2.37. The van der Waals surface area contributed by atoms with Crippen LogP contribution < -0.4 is 10.6 Å². The molecule has 1 aliphatic heterocycles. The van der Waals surface area contributed by atoms with Crippen molar-refractivity contribution in [3.63, 3.8) is 0 Å². The Bertz CT molecular complexity index is 358. The smallest absolute Gasteiger partial charge is 0.315 e. The van der Waals surface area contributed by atoms with Crippen LogP contribution in [-0.2, 0) is 4.79 Å². The summed E-state index contributed by atoms with van der Waals surface area (Å²) in [5.41, 5.74) is -0.514. The highest BCUT2D eigenvalue weighted by Gasteiger charge is 2.26. The van der Waals surface area contributed by atoms with E-state index in [9.17, 15) is 9.59 Å². The van der Waals surface area contributed by atoms with Crippen LogP contribution in [0.1, 0.15) is 46.5 Å². The lowest BCUT2D eigenvalue weighted by Crippen LogP contribution is -2.54. The predicted molar refractivity (Wildman–Crippen MR) is 77.7 cm³/mol. The molecule has 1 aliphatic rings. The number of carbonyl (C=O) groups excluding carboxylic acids is 1. The van der Waals surface area contributed by atoms with E-state index in [2.05, 4.69) is 29.5 Å². The lowest BCUT2D eigenvalue weighted by molar-refractivity contribution is -0.137. The number of amides is 2. The van der Waals surface area contributed by atoms with Crippen molar-refractivity contribution in [1.82, 2.24) is 15.5 Å². The summed E-state index contributed by atoms with van der Waals surface area (Å²) in [4.78, 5) is 24.8. The summed E-state index contributed by atoms with van der Waals surface area (Å²) in [7, 11) is 2.09.